The van der Waals surface area contributed by atoms with Crippen LogP contribution in [0.3, 0.4) is 0 Å². The topological polar surface area (TPSA) is 93.4 Å². The number of sulfonamides is 1. The zero-order chi connectivity index (χ0) is 23.4. The molecule has 9 heteroatoms. The van der Waals surface area contributed by atoms with Crippen LogP contribution >= 0.6 is 0 Å². The van der Waals surface area contributed by atoms with Gasteiger partial charge in [0.25, 0.3) is 0 Å². The summed E-state index contributed by atoms with van der Waals surface area (Å²) in [6.07, 6.45) is 3.59. The first-order chi connectivity index (χ1) is 15.9. The Morgan fingerprint density at radius 3 is 2.18 bits per heavy atom. The lowest BCUT2D eigenvalue weighted by Gasteiger charge is -2.26. The highest BCUT2D eigenvalue weighted by Crippen LogP contribution is 2.27. The molecule has 0 bridgehead atoms. The molecule has 1 amide bonds. The first kappa shape index (κ1) is 23.3. The van der Waals surface area contributed by atoms with Crippen molar-refractivity contribution in [2.75, 3.05) is 18.4 Å². The van der Waals surface area contributed by atoms with Gasteiger partial charge >= 0.3 is 5.69 Å². The van der Waals surface area contributed by atoms with Crippen LogP contribution in [0.25, 0.3) is 11.0 Å². The predicted molar refractivity (Wildman–Crippen MR) is 129 cm³/mol. The van der Waals surface area contributed by atoms with E-state index in [-0.39, 0.29) is 35.1 Å². The van der Waals surface area contributed by atoms with Crippen molar-refractivity contribution in [3.05, 3.63) is 59.0 Å². The van der Waals surface area contributed by atoms with Gasteiger partial charge in [-0.05, 0) is 43.5 Å². The summed E-state index contributed by atoms with van der Waals surface area (Å²) in [7, 11) is -3.68. The third-order valence-corrected chi connectivity index (χ3v) is 7.99. The molecule has 0 saturated carbocycles. The van der Waals surface area contributed by atoms with E-state index in [1.807, 2.05) is 31.2 Å². The summed E-state index contributed by atoms with van der Waals surface area (Å²) in [6.45, 7) is 3.83. The molecule has 1 saturated heterocycles. The van der Waals surface area contributed by atoms with E-state index in [2.05, 4.69) is 5.32 Å². The van der Waals surface area contributed by atoms with Crippen LogP contribution in [0.2, 0.25) is 0 Å². The van der Waals surface area contributed by atoms with Gasteiger partial charge in [-0.1, -0.05) is 37.6 Å². The van der Waals surface area contributed by atoms with Gasteiger partial charge in [0.1, 0.15) is 4.90 Å². The minimum atomic E-state index is -3.68. The minimum absolute atomic E-state index is 0.0537. The van der Waals surface area contributed by atoms with Crippen LogP contribution in [-0.2, 0) is 27.9 Å². The van der Waals surface area contributed by atoms with Gasteiger partial charge in [-0.15, -0.1) is 0 Å². The molecule has 4 rings (SSSR count). The number of anilines is 1. The van der Waals surface area contributed by atoms with Gasteiger partial charge in [-0.2, -0.15) is 4.31 Å². The molecule has 8 nitrogen and oxygen atoms in total. The number of fused-ring (bicyclic) bond motifs is 1. The monoisotopic (exact) mass is 470 g/mol. The Hall–Kier alpha value is -2.91. The number of piperidine rings is 1. The lowest BCUT2D eigenvalue weighted by atomic mass is 10.2. The average molecular weight is 471 g/mol. The van der Waals surface area contributed by atoms with Crippen LogP contribution in [0.1, 0.15) is 39.0 Å². The number of hydrogen-bond acceptors (Lipinski definition) is 4. The summed E-state index contributed by atoms with van der Waals surface area (Å²) in [4.78, 5) is 25.8. The van der Waals surface area contributed by atoms with Crippen molar-refractivity contribution in [2.24, 2.45) is 0 Å². The van der Waals surface area contributed by atoms with Gasteiger partial charge in [0.15, 0.2) is 0 Å². The number of amides is 1. The Balaban J connectivity index is 1.52. The molecular formula is C24H30N4O4S. The van der Waals surface area contributed by atoms with Gasteiger partial charge in [-0.3, -0.25) is 13.9 Å². The maximum absolute atomic E-state index is 13.2. The Labute approximate surface area is 193 Å². The normalized spacial score (nSPS) is 15.1. The van der Waals surface area contributed by atoms with Crippen LogP contribution in [0, 0.1) is 0 Å². The molecule has 176 valence electrons. The number of rotatable bonds is 8. The largest absolute Gasteiger partial charge is 0.329 e. The van der Waals surface area contributed by atoms with E-state index in [4.69, 9.17) is 0 Å². The Morgan fingerprint density at radius 2 is 1.52 bits per heavy atom. The van der Waals surface area contributed by atoms with E-state index in [0.717, 1.165) is 36.7 Å². The summed E-state index contributed by atoms with van der Waals surface area (Å²) in [5.74, 6) is -0.337. The van der Waals surface area contributed by atoms with Crippen molar-refractivity contribution < 1.29 is 13.2 Å². The Kier molecular flexibility index (Phi) is 6.99. The number of nitrogens with one attached hydrogen (secondary N) is 1. The second-order valence-corrected chi connectivity index (χ2v) is 10.2. The maximum Gasteiger partial charge on any atom is 0.329 e. The van der Waals surface area contributed by atoms with Crippen LogP contribution < -0.4 is 11.0 Å². The number of para-hydroxylation sites is 3. The van der Waals surface area contributed by atoms with Gasteiger partial charge in [0.05, 0.1) is 16.7 Å². The fourth-order valence-electron chi connectivity index (χ4n) is 4.39. The quantitative estimate of drug-likeness (QED) is 0.546. The highest BCUT2D eigenvalue weighted by atomic mass is 32.2. The smallest absolute Gasteiger partial charge is 0.325 e. The molecule has 0 atom stereocenters. The first-order valence-corrected chi connectivity index (χ1v) is 12.9. The molecule has 3 aromatic rings. The second kappa shape index (κ2) is 9.93. The number of nitrogens with zero attached hydrogens (tertiary/aromatic N) is 3. The fraction of sp³-hybridized carbons (Fsp3) is 0.417. The zero-order valence-electron chi connectivity index (χ0n) is 18.9. The molecule has 1 aliphatic rings. The lowest BCUT2D eigenvalue weighted by molar-refractivity contribution is -0.116. The Morgan fingerprint density at radius 1 is 0.909 bits per heavy atom. The fourth-order valence-corrected chi connectivity index (χ4v) is 6.06. The number of benzene rings is 2. The standard InChI is InChI=1S/C24H30N4O4S/c1-2-15-27-20-11-5-6-12-21(20)28(24(27)30)18-14-23(29)25-19-10-4-7-13-22(19)33(31,32)26-16-8-3-9-17-26/h4-7,10-13H,2-3,8-9,14-18H2,1H3,(H,25,29). The van der Waals surface area contributed by atoms with Crippen molar-refractivity contribution in [1.29, 1.82) is 0 Å². The molecule has 0 aliphatic carbocycles. The van der Waals surface area contributed by atoms with Crippen molar-refractivity contribution in [1.82, 2.24) is 13.4 Å². The third-order valence-electron chi connectivity index (χ3n) is 6.03. The third kappa shape index (κ3) is 4.74. The highest BCUT2D eigenvalue weighted by Gasteiger charge is 2.28. The van der Waals surface area contributed by atoms with E-state index in [9.17, 15) is 18.0 Å². The van der Waals surface area contributed by atoms with E-state index < -0.39 is 10.0 Å². The van der Waals surface area contributed by atoms with E-state index in [1.54, 1.807) is 27.3 Å². The van der Waals surface area contributed by atoms with E-state index in [0.29, 0.717) is 19.6 Å². The molecule has 2 aromatic carbocycles. The molecule has 2 heterocycles. The molecule has 1 aliphatic heterocycles. The summed E-state index contributed by atoms with van der Waals surface area (Å²) in [5, 5.41) is 2.76. The molecule has 1 fully saturated rings. The minimum Gasteiger partial charge on any atom is -0.325 e. The molecule has 33 heavy (non-hydrogen) atoms. The van der Waals surface area contributed by atoms with Crippen molar-refractivity contribution in [3.63, 3.8) is 0 Å². The molecule has 0 radical (unpaired) electrons. The molecular weight excluding hydrogens is 440 g/mol. The van der Waals surface area contributed by atoms with Gasteiger partial charge in [-0.25, -0.2) is 13.2 Å². The highest BCUT2D eigenvalue weighted by molar-refractivity contribution is 7.89. The van der Waals surface area contributed by atoms with Crippen LogP contribution in [-0.4, -0.2) is 40.9 Å². The maximum atomic E-state index is 13.2. The SMILES string of the molecule is CCCn1c(=O)n(CCC(=O)Nc2ccccc2S(=O)(=O)N2CCCCC2)c2ccccc21. The average Bonchev–Trinajstić information content (AvgIpc) is 3.09. The number of imidazole rings is 1. The van der Waals surface area contributed by atoms with Gasteiger partial charge < -0.3 is 5.32 Å². The lowest BCUT2D eigenvalue weighted by Crippen LogP contribution is -2.36. The molecule has 1 N–H and O–H groups in total. The number of hydrogen-bond donors (Lipinski definition) is 1. The van der Waals surface area contributed by atoms with Crippen LogP contribution in [0.5, 0.6) is 0 Å². The zero-order valence-corrected chi connectivity index (χ0v) is 19.7. The summed E-state index contributed by atoms with van der Waals surface area (Å²) in [5.41, 5.74) is 1.77. The summed E-state index contributed by atoms with van der Waals surface area (Å²) >= 11 is 0. The first-order valence-electron chi connectivity index (χ1n) is 11.5. The van der Waals surface area contributed by atoms with Crippen molar-refractivity contribution in [3.8, 4) is 0 Å². The number of aryl methyl sites for hydroxylation is 2. The Bertz CT molecular complexity index is 1300. The van der Waals surface area contributed by atoms with Crippen LogP contribution in [0.4, 0.5) is 5.69 Å². The molecule has 1 aromatic heterocycles. The van der Waals surface area contributed by atoms with Crippen molar-refractivity contribution in [2.45, 2.75) is 57.0 Å². The number of aromatic nitrogens is 2. The van der Waals surface area contributed by atoms with Gasteiger partial charge in [0.2, 0.25) is 15.9 Å². The number of carbonyl (C=O) groups excluding carboxylic acids is 1. The van der Waals surface area contributed by atoms with Crippen LogP contribution in [0.15, 0.2) is 58.2 Å². The van der Waals surface area contributed by atoms with E-state index >= 15 is 0 Å². The predicted octanol–water partition coefficient (Wildman–Crippen LogP) is 3.42. The summed E-state index contributed by atoms with van der Waals surface area (Å²) in [6, 6.07) is 14.0. The van der Waals surface area contributed by atoms with E-state index in [1.165, 1.54) is 10.4 Å². The van der Waals surface area contributed by atoms with Crippen molar-refractivity contribution >= 4 is 32.7 Å². The molecule has 0 spiro atoms. The molecule has 0 unspecified atom stereocenters. The van der Waals surface area contributed by atoms with Gasteiger partial charge in [0, 0.05) is 32.6 Å². The second-order valence-electron chi connectivity index (χ2n) is 8.33. The summed E-state index contributed by atoms with van der Waals surface area (Å²) < 4.78 is 31.1. The number of carbonyl (C=O) groups is 1.